The molecule has 0 spiro atoms. The summed E-state index contributed by atoms with van der Waals surface area (Å²) in [7, 11) is 1.64. The Morgan fingerprint density at radius 1 is 1.38 bits per heavy atom. The number of hydrogen-bond acceptors (Lipinski definition) is 3. The maximum Gasteiger partial charge on any atom is 0.118 e. The zero-order valence-electron chi connectivity index (χ0n) is 9.86. The summed E-state index contributed by atoms with van der Waals surface area (Å²) in [6, 6.07) is 7.79. The molecule has 1 aromatic carbocycles. The van der Waals surface area contributed by atoms with Crippen molar-refractivity contribution in [3.05, 3.63) is 29.8 Å². The fourth-order valence-corrected chi connectivity index (χ4v) is 2.29. The number of ether oxygens (including phenoxy) is 1. The lowest BCUT2D eigenvalue weighted by molar-refractivity contribution is 0.0218. The van der Waals surface area contributed by atoms with Gasteiger partial charge in [0.25, 0.3) is 0 Å². The molecule has 2 atom stereocenters. The third-order valence-corrected chi connectivity index (χ3v) is 3.41. The third kappa shape index (κ3) is 2.06. The zero-order chi connectivity index (χ0) is 11.6. The second kappa shape index (κ2) is 4.44. The van der Waals surface area contributed by atoms with Crippen LogP contribution in [0.1, 0.15) is 25.3 Å². The number of nitrogens with one attached hydrogen (secondary N) is 1. The Balaban J connectivity index is 2.20. The van der Waals surface area contributed by atoms with Gasteiger partial charge in [0.15, 0.2) is 0 Å². The number of benzene rings is 1. The van der Waals surface area contributed by atoms with Crippen molar-refractivity contribution in [2.75, 3.05) is 13.7 Å². The van der Waals surface area contributed by atoms with E-state index in [-0.39, 0.29) is 6.04 Å². The van der Waals surface area contributed by atoms with E-state index in [1.165, 1.54) is 0 Å². The lowest BCUT2D eigenvalue weighted by atomic mass is 9.87. The average molecular weight is 221 g/mol. The van der Waals surface area contributed by atoms with E-state index in [0.29, 0.717) is 0 Å². The van der Waals surface area contributed by atoms with Crippen molar-refractivity contribution >= 4 is 0 Å². The molecular weight excluding hydrogens is 202 g/mol. The highest BCUT2D eigenvalue weighted by molar-refractivity contribution is 5.31. The summed E-state index contributed by atoms with van der Waals surface area (Å²) >= 11 is 0. The second-order valence-corrected chi connectivity index (χ2v) is 4.52. The normalized spacial score (nSPS) is 24.1. The number of hydrogen-bond donors (Lipinski definition) is 2. The minimum atomic E-state index is -0.803. The summed E-state index contributed by atoms with van der Waals surface area (Å²) < 4.78 is 5.11. The monoisotopic (exact) mass is 221 g/mol. The molecule has 2 N–H and O–H groups in total. The third-order valence-electron chi connectivity index (χ3n) is 3.41. The molecule has 0 aromatic heterocycles. The molecule has 3 nitrogen and oxygen atoms in total. The van der Waals surface area contributed by atoms with E-state index in [9.17, 15) is 5.11 Å². The first kappa shape index (κ1) is 11.4. The smallest absolute Gasteiger partial charge is 0.118 e. The second-order valence-electron chi connectivity index (χ2n) is 4.52. The first-order chi connectivity index (χ1) is 7.64. The Hall–Kier alpha value is -1.06. The molecule has 0 bridgehead atoms. The van der Waals surface area contributed by atoms with Crippen LogP contribution in [0.25, 0.3) is 0 Å². The van der Waals surface area contributed by atoms with Gasteiger partial charge >= 0.3 is 0 Å². The lowest BCUT2D eigenvalue weighted by Gasteiger charge is -2.30. The topological polar surface area (TPSA) is 41.5 Å². The van der Waals surface area contributed by atoms with Gasteiger partial charge < -0.3 is 15.2 Å². The predicted molar refractivity (Wildman–Crippen MR) is 63.6 cm³/mol. The molecule has 1 saturated heterocycles. The van der Waals surface area contributed by atoms with Crippen molar-refractivity contribution in [2.24, 2.45) is 0 Å². The lowest BCUT2D eigenvalue weighted by Crippen LogP contribution is -2.42. The van der Waals surface area contributed by atoms with Crippen LogP contribution in [0.3, 0.4) is 0 Å². The highest BCUT2D eigenvalue weighted by atomic mass is 16.5. The van der Waals surface area contributed by atoms with E-state index < -0.39 is 5.60 Å². The molecule has 1 aliphatic rings. The fraction of sp³-hybridized carbons (Fsp3) is 0.538. The highest BCUT2D eigenvalue weighted by Crippen LogP contribution is 2.30. The Morgan fingerprint density at radius 2 is 2.06 bits per heavy atom. The minimum absolute atomic E-state index is 0.154. The van der Waals surface area contributed by atoms with Gasteiger partial charge in [-0.25, -0.2) is 0 Å². The summed E-state index contributed by atoms with van der Waals surface area (Å²) in [5, 5.41) is 13.9. The van der Waals surface area contributed by atoms with Crippen molar-refractivity contribution in [3.8, 4) is 5.75 Å². The fourth-order valence-electron chi connectivity index (χ4n) is 2.29. The molecule has 1 aromatic rings. The van der Waals surface area contributed by atoms with Crippen LogP contribution in [0.2, 0.25) is 0 Å². The molecule has 16 heavy (non-hydrogen) atoms. The van der Waals surface area contributed by atoms with Crippen LogP contribution in [-0.2, 0) is 5.60 Å². The average Bonchev–Trinajstić information content (AvgIpc) is 2.83. The van der Waals surface area contributed by atoms with E-state index >= 15 is 0 Å². The van der Waals surface area contributed by atoms with Crippen molar-refractivity contribution in [3.63, 3.8) is 0 Å². The molecule has 1 aliphatic heterocycles. The van der Waals surface area contributed by atoms with Crippen LogP contribution >= 0.6 is 0 Å². The van der Waals surface area contributed by atoms with Crippen LogP contribution in [0.4, 0.5) is 0 Å². The Kier molecular flexibility index (Phi) is 3.17. The number of rotatable bonds is 3. The molecule has 2 rings (SSSR count). The summed E-state index contributed by atoms with van der Waals surface area (Å²) in [5.41, 5.74) is 0.135. The van der Waals surface area contributed by atoms with E-state index in [4.69, 9.17) is 4.74 Å². The summed E-state index contributed by atoms with van der Waals surface area (Å²) in [6.07, 6.45) is 2.16. The molecule has 88 valence electrons. The largest absolute Gasteiger partial charge is 0.497 e. The van der Waals surface area contributed by atoms with Gasteiger partial charge in [0, 0.05) is 6.04 Å². The van der Waals surface area contributed by atoms with Crippen molar-refractivity contribution in [1.82, 2.24) is 5.32 Å². The van der Waals surface area contributed by atoms with Gasteiger partial charge in [0.05, 0.1) is 7.11 Å². The van der Waals surface area contributed by atoms with Crippen molar-refractivity contribution in [2.45, 2.75) is 31.4 Å². The molecule has 1 heterocycles. The SMILES string of the molecule is COc1ccc([C@@](C)(O)[C@H]2CCCN2)cc1. The molecule has 0 aliphatic carbocycles. The summed E-state index contributed by atoms with van der Waals surface area (Å²) in [4.78, 5) is 0. The molecular formula is C13H19NO2. The van der Waals surface area contributed by atoms with Crippen LogP contribution < -0.4 is 10.1 Å². The van der Waals surface area contributed by atoms with Gasteiger partial charge in [-0.15, -0.1) is 0 Å². The van der Waals surface area contributed by atoms with Gasteiger partial charge in [0.2, 0.25) is 0 Å². The van der Waals surface area contributed by atoms with E-state index in [1.54, 1.807) is 7.11 Å². The molecule has 3 heteroatoms. The van der Waals surface area contributed by atoms with Gasteiger partial charge in [-0.1, -0.05) is 12.1 Å². The van der Waals surface area contributed by atoms with Gasteiger partial charge in [-0.05, 0) is 44.0 Å². The molecule has 0 radical (unpaired) electrons. The Labute approximate surface area is 96.4 Å². The van der Waals surface area contributed by atoms with Crippen molar-refractivity contribution < 1.29 is 9.84 Å². The van der Waals surface area contributed by atoms with Crippen LogP contribution in [0, 0.1) is 0 Å². The van der Waals surface area contributed by atoms with Crippen LogP contribution in [-0.4, -0.2) is 24.8 Å². The van der Waals surface area contributed by atoms with Crippen LogP contribution in [0.5, 0.6) is 5.75 Å². The first-order valence-corrected chi connectivity index (χ1v) is 5.75. The van der Waals surface area contributed by atoms with Gasteiger partial charge in [-0.3, -0.25) is 0 Å². The van der Waals surface area contributed by atoms with E-state index in [2.05, 4.69) is 5.32 Å². The summed E-state index contributed by atoms with van der Waals surface area (Å²) in [6.45, 7) is 2.87. The Bertz CT molecular complexity index is 339. The molecule has 0 amide bonds. The standard InChI is InChI=1S/C13H19NO2/c1-13(15,12-4-3-9-14-12)10-5-7-11(16-2)8-6-10/h5-8,12,14-15H,3-4,9H2,1-2H3/t12-,13-/m1/s1. The van der Waals surface area contributed by atoms with Crippen molar-refractivity contribution in [1.29, 1.82) is 0 Å². The highest BCUT2D eigenvalue weighted by Gasteiger charge is 2.35. The molecule has 0 saturated carbocycles. The Morgan fingerprint density at radius 3 is 2.56 bits per heavy atom. The van der Waals surface area contributed by atoms with Gasteiger partial charge in [-0.2, -0.15) is 0 Å². The quantitative estimate of drug-likeness (QED) is 0.815. The molecule has 1 fully saturated rings. The minimum Gasteiger partial charge on any atom is -0.497 e. The summed E-state index contributed by atoms with van der Waals surface area (Å²) in [5.74, 6) is 0.818. The molecule has 0 unspecified atom stereocenters. The number of methoxy groups -OCH3 is 1. The maximum absolute atomic E-state index is 10.5. The maximum atomic E-state index is 10.5. The number of aliphatic hydroxyl groups is 1. The van der Waals surface area contributed by atoms with E-state index in [1.807, 2.05) is 31.2 Å². The zero-order valence-corrected chi connectivity index (χ0v) is 9.86. The van der Waals surface area contributed by atoms with Gasteiger partial charge in [0.1, 0.15) is 11.4 Å². The first-order valence-electron chi connectivity index (χ1n) is 5.75. The predicted octanol–water partition coefficient (Wildman–Crippen LogP) is 1.65. The van der Waals surface area contributed by atoms with E-state index in [0.717, 1.165) is 30.7 Å². The van der Waals surface area contributed by atoms with Crippen LogP contribution in [0.15, 0.2) is 24.3 Å².